The molecule has 0 radical (unpaired) electrons. The monoisotopic (exact) mass is 438 g/mol. The molecule has 1 heterocycles. The molecule has 1 aliphatic carbocycles. The zero-order valence-corrected chi connectivity index (χ0v) is 17.1. The summed E-state index contributed by atoms with van der Waals surface area (Å²) in [6.45, 7) is 0.107. The van der Waals surface area contributed by atoms with Crippen molar-refractivity contribution < 1.29 is 9.72 Å². The maximum absolute atomic E-state index is 12.1. The molecule has 1 amide bonds. The molecule has 0 saturated carbocycles. The van der Waals surface area contributed by atoms with E-state index < -0.39 is 4.92 Å². The molecule has 1 aliphatic rings. The number of rotatable bonds is 7. The smallest absolute Gasteiger partial charge is 0.271 e. The molecular weight excluding hydrogens is 420 g/mol. The highest BCUT2D eigenvalue weighted by Crippen LogP contribution is 2.34. The van der Waals surface area contributed by atoms with Crippen molar-refractivity contribution >= 4 is 40.6 Å². The molecule has 0 saturated heterocycles. The maximum atomic E-state index is 12.1. The Kier molecular flexibility index (Phi) is 5.94. The number of aromatic nitrogens is 2. The van der Waals surface area contributed by atoms with Crippen LogP contribution in [0.5, 0.6) is 0 Å². The van der Waals surface area contributed by atoms with Crippen molar-refractivity contribution in [1.82, 2.24) is 15.3 Å². The van der Waals surface area contributed by atoms with Crippen molar-refractivity contribution in [3.05, 3.63) is 80.5 Å². The van der Waals surface area contributed by atoms with Gasteiger partial charge in [-0.05, 0) is 42.5 Å². The lowest BCUT2D eigenvalue weighted by atomic mass is 10.1. The number of fused-ring (bicyclic) bond motifs is 1. The molecule has 3 aromatic rings. The van der Waals surface area contributed by atoms with Gasteiger partial charge in [0, 0.05) is 17.7 Å². The second-order valence-corrected chi connectivity index (χ2v) is 7.39. The van der Waals surface area contributed by atoms with Gasteiger partial charge in [-0.25, -0.2) is 4.98 Å². The van der Waals surface area contributed by atoms with Crippen LogP contribution in [0.3, 0.4) is 0 Å². The van der Waals surface area contributed by atoms with Crippen LogP contribution in [0.1, 0.15) is 27.9 Å². The highest BCUT2D eigenvalue weighted by molar-refractivity contribution is 6.32. The topological polar surface area (TPSA) is 122 Å². The number of non-ortho nitro benzene ring substituents is 1. The van der Waals surface area contributed by atoms with E-state index in [0.29, 0.717) is 17.1 Å². The summed E-state index contributed by atoms with van der Waals surface area (Å²) in [6.07, 6.45) is 4.01. The fraction of sp³-hybridized carbons (Fsp3) is 0.190. The van der Waals surface area contributed by atoms with Gasteiger partial charge in [0.25, 0.3) is 11.6 Å². The van der Waals surface area contributed by atoms with Crippen molar-refractivity contribution in [1.29, 1.82) is 0 Å². The fourth-order valence-electron chi connectivity index (χ4n) is 3.48. The molecule has 9 nitrogen and oxygen atoms in total. The summed E-state index contributed by atoms with van der Waals surface area (Å²) in [5, 5.41) is 20.3. The van der Waals surface area contributed by atoms with Gasteiger partial charge in [-0.1, -0.05) is 29.8 Å². The number of anilines is 3. The molecule has 3 N–H and O–H groups in total. The van der Waals surface area contributed by atoms with Crippen LogP contribution in [0, 0.1) is 10.1 Å². The van der Waals surface area contributed by atoms with E-state index in [9.17, 15) is 14.9 Å². The molecule has 4 rings (SSSR count). The van der Waals surface area contributed by atoms with E-state index in [-0.39, 0.29) is 29.2 Å². The van der Waals surface area contributed by atoms with Gasteiger partial charge in [-0.15, -0.1) is 0 Å². The third-order valence-electron chi connectivity index (χ3n) is 4.94. The van der Waals surface area contributed by atoms with Crippen LogP contribution < -0.4 is 16.0 Å². The number of amides is 1. The van der Waals surface area contributed by atoms with Gasteiger partial charge < -0.3 is 16.0 Å². The van der Waals surface area contributed by atoms with Crippen molar-refractivity contribution in [3.63, 3.8) is 0 Å². The number of benzene rings is 2. The SMILES string of the molecule is O=C(NCNc1nc(Nc2cc([N+](=O)[O-])cc3c2CCC3)ncc1Cl)c1ccccc1. The summed E-state index contributed by atoms with van der Waals surface area (Å²) in [7, 11) is 0. The summed E-state index contributed by atoms with van der Waals surface area (Å²) in [4.78, 5) is 31.5. The predicted octanol–water partition coefficient (Wildman–Crippen LogP) is 4.07. The Bertz CT molecular complexity index is 1140. The predicted molar refractivity (Wildman–Crippen MR) is 118 cm³/mol. The average molecular weight is 439 g/mol. The average Bonchev–Trinajstić information content (AvgIpc) is 3.25. The number of carbonyl (C=O) groups is 1. The summed E-state index contributed by atoms with van der Waals surface area (Å²) in [6, 6.07) is 12.0. The number of nitro groups is 1. The van der Waals surface area contributed by atoms with Gasteiger partial charge in [-0.2, -0.15) is 4.98 Å². The highest BCUT2D eigenvalue weighted by Gasteiger charge is 2.21. The number of nitro benzene ring substituents is 1. The number of aryl methyl sites for hydroxylation is 1. The molecule has 1 aromatic heterocycles. The Hall–Kier alpha value is -3.72. The molecule has 0 atom stereocenters. The van der Waals surface area contributed by atoms with E-state index in [1.807, 2.05) is 6.07 Å². The van der Waals surface area contributed by atoms with Crippen LogP contribution in [0.4, 0.5) is 23.1 Å². The van der Waals surface area contributed by atoms with E-state index in [4.69, 9.17) is 11.6 Å². The lowest BCUT2D eigenvalue weighted by molar-refractivity contribution is -0.384. The first kappa shape index (κ1) is 20.5. The molecule has 0 unspecified atom stereocenters. The van der Waals surface area contributed by atoms with Crippen molar-refractivity contribution in [2.75, 3.05) is 17.3 Å². The number of nitrogens with one attached hydrogen (secondary N) is 3. The Labute approximate surface area is 183 Å². The van der Waals surface area contributed by atoms with Gasteiger partial charge >= 0.3 is 0 Å². The molecule has 31 heavy (non-hydrogen) atoms. The molecule has 0 bridgehead atoms. The van der Waals surface area contributed by atoms with Crippen LogP contribution in [0.25, 0.3) is 0 Å². The van der Waals surface area contributed by atoms with Crippen LogP contribution >= 0.6 is 11.6 Å². The quantitative estimate of drug-likeness (QED) is 0.288. The zero-order chi connectivity index (χ0) is 21.8. The van der Waals surface area contributed by atoms with E-state index in [1.54, 1.807) is 30.3 Å². The fourth-order valence-corrected chi connectivity index (χ4v) is 3.64. The lowest BCUT2D eigenvalue weighted by Crippen LogP contribution is -2.29. The van der Waals surface area contributed by atoms with Gasteiger partial charge in [0.05, 0.1) is 23.5 Å². The van der Waals surface area contributed by atoms with Gasteiger partial charge in [-0.3, -0.25) is 14.9 Å². The van der Waals surface area contributed by atoms with Crippen LogP contribution in [0.15, 0.2) is 48.7 Å². The Balaban J connectivity index is 1.47. The Morgan fingerprint density at radius 1 is 1.19 bits per heavy atom. The van der Waals surface area contributed by atoms with Crippen LogP contribution in [-0.4, -0.2) is 27.5 Å². The van der Waals surface area contributed by atoms with E-state index in [0.717, 1.165) is 30.4 Å². The summed E-state index contributed by atoms with van der Waals surface area (Å²) in [5.74, 6) is 0.342. The highest BCUT2D eigenvalue weighted by atomic mass is 35.5. The first-order valence-electron chi connectivity index (χ1n) is 9.68. The normalized spacial score (nSPS) is 12.2. The Morgan fingerprint density at radius 3 is 2.77 bits per heavy atom. The number of hydrogen-bond acceptors (Lipinski definition) is 7. The van der Waals surface area contributed by atoms with Crippen LogP contribution in [0.2, 0.25) is 5.02 Å². The number of nitrogens with zero attached hydrogens (tertiary/aromatic N) is 3. The van der Waals surface area contributed by atoms with Crippen molar-refractivity contribution in [2.24, 2.45) is 0 Å². The second-order valence-electron chi connectivity index (χ2n) is 6.98. The third kappa shape index (κ3) is 4.72. The number of hydrogen-bond donors (Lipinski definition) is 3. The molecule has 158 valence electrons. The second kappa shape index (κ2) is 8.97. The minimum Gasteiger partial charge on any atom is -0.351 e. The summed E-state index contributed by atoms with van der Waals surface area (Å²) in [5.41, 5.74) is 3.19. The van der Waals surface area contributed by atoms with Gasteiger partial charge in [0.15, 0.2) is 5.82 Å². The van der Waals surface area contributed by atoms with E-state index in [1.165, 1.54) is 12.3 Å². The molecule has 0 spiro atoms. The minimum atomic E-state index is -0.408. The summed E-state index contributed by atoms with van der Waals surface area (Å²) >= 11 is 6.17. The van der Waals surface area contributed by atoms with E-state index in [2.05, 4.69) is 25.9 Å². The van der Waals surface area contributed by atoms with Crippen molar-refractivity contribution in [3.8, 4) is 0 Å². The molecular formula is C21H19ClN6O3. The molecule has 2 aromatic carbocycles. The lowest BCUT2D eigenvalue weighted by Gasteiger charge is -2.13. The van der Waals surface area contributed by atoms with E-state index >= 15 is 0 Å². The zero-order valence-electron chi connectivity index (χ0n) is 16.4. The maximum Gasteiger partial charge on any atom is 0.271 e. The standard InChI is InChI=1S/C21H19ClN6O3/c22-17-11-23-21(26-18-10-15(28(30)31)9-14-7-4-8-16(14)18)27-19(17)24-12-25-20(29)13-5-2-1-3-6-13/h1-3,5-6,9-11H,4,7-8,12H2,(H,25,29)(H2,23,24,26,27). The first-order valence-corrected chi connectivity index (χ1v) is 10.1. The summed E-state index contributed by atoms with van der Waals surface area (Å²) < 4.78 is 0. The molecule has 10 heteroatoms. The minimum absolute atomic E-state index is 0.0269. The largest absolute Gasteiger partial charge is 0.351 e. The number of carbonyl (C=O) groups excluding carboxylic acids is 1. The van der Waals surface area contributed by atoms with Gasteiger partial charge in [0.1, 0.15) is 5.02 Å². The first-order chi connectivity index (χ1) is 15.0. The molecule has 0 fully saturated rings. The van der Waals surface area contributed by atoms with Gasteiger partial charge in [0.2, 0.25) is 5.95 Å². The number of halogens is 1. The third-order valence-corrected chi connectivity index (χ3v) is 5.22. The van der Waals surface area contributed by atoms with Crippen molar-refractivity contribution in [2.45, 2.75) is 19.3 Å². The van der Waals surface area contributed by atoms with Crippen LogP contribution in [-0.2, 0) is 12.8 Å². The Morgan fingerprint density at radius 2 is 2.00 bits per heavy atom. The molecule has 0 aliphatic heterocycles.